The third-order valence-corrected chi connectivity index (χ3v) is 3.37. The molecule has 0 aliphatic carbocycles. The Kier molecular flexibility index (Phi) is 4.86. The Balaban J connectivity index is 2.96. The molecule has 1 rings (SSSR count). The van der Waals surface area contributed by atoms with Crippen molar-refractivity contribution in [1.29, 1.82) is 0 Å². The van der Waals surface area contributed by atoms with Crippen molar-refractivity contribution in [2.45, 2.75) is 60.5 Å². The van der Waals surface area contributed by atoms with Crippen LogP contribution in [0.2, 0.25) is 0 Å². The molecule has 1 saturated heterocycles. The van der Waals surface area contributed by atoms with E-state index >= 15 is 0 Å². The van der Waals surface area contributed by atoms with Gasteiger partial charge in [0.05, 0.1) is 5.92 Å². The van der Waals surface area contributed by atoms with Crippen LogP contribution in [-0.2, 0) is 14.3 Å². The van der Waals surface area contributed by atoms with Gasteiger partial charge in [0.1, 0.15) is 5.60 Å². The van der Waals surface area contributed by atoms with E-state index in [2.05, 4.69) is 0 Å². The Morgan fingerprint density at radius 1 is 1.14 bits per heavy atom. The highest BCUT2D eigenvalue weighted by Crippen LogP contribution is 2.30. The van der Waals surface area contributed by atoms with Crippen LogP contribution in [0.3, 0.4) is 0 Å². The predicted molar refractivity (Wildman–Crippen MR) is 79.7 cm³/mol. The smallest absolute Gasteiger partial charge is 0.417 e. The number of imide groups is 1. The van der Waals surface area contributed by atoms with E-state index < -0.39 is 28.9 Å². The van der Waals surface area contributed by atoms with Gasteiger partial charge in [-0.25, -0.2) is 9.69 Å². The summed E-state index contributed by atoms with van der Waals surface area (Å²) < 4.78 is 5.26. The number of Topliss-reactive ketones (excluding diaryl/α,β-unsaturated/α-hetero) is 1. The summed E-state index contributed by atoms with van der Waals surface area (Å²) in [5, 5.41) is 0. The zero-order valence-electron chi connectivity index (χ0n) is 14.1. The van der Waals surface area contributed by atoms with Crippen LogP contribution in [0.25, 0.3) is 0 Å². The first-order valence-electron chi connectivity index (χ1n) is 7.41. The number of carbonyl (C=O) groups is 3. The average Bonchev–Trinajstić information content (AvgIpc) is 2.27. The van der Waals surface area contributed by atoms with E-state index in [1.165, 1.54) is 0 Å². The minimum atomic E-state index is -0.749. The summed E-state index contributed by atoms with van der Waals surface area (Å²) in [6.45, 7) is 12.9. The molecular formula is C16H27NO4. The van der Waals surface area contributed by atoms with Crippen molar-refractivity contribution in [2.24, 2.45) is 17.3 Å². The van der Waals surface area contributed by atoms with Crippen LogP contribution in [-0.4, -0.2) is 34.8 Å². The van der Waals surface area contributed by atoms with Gasteiger partial charge in [0.15, 0.2) is 5.78 Å². The summed E-state index contributed by atoms with van der Waals surface area (Å²) in [5.41, 5.74) is -1.27. The van der Waals surface area contributed by atoms with Crippen LogP contribution in [0.5, 0.6) is 0 Å². The molecule has 0 aromatic rings. The summed E-state index contributed by atoms with van der Waals surface area (Å²) in [5.74, 6) is -1.21. The second kappa shape index (κ2) is 5.78. The van der Waals surface area contributed by atoms with Gasteiger partial charge in [0, 0.05) is 12.0 Å². The van der Waals surface area contributed by atoms with Crippen LogP contribution in [0, 0.1) is 17.3 Å². The first-order chi connectivity index (χ1) is 9.33. The second-order valence-corrected chi connectivity index (χ2v) is 7.94. The fourth-order valence-corrected chi connectivity index (χ4v) is 2.39. The summed E-state index contributed by atoms with van der Waals surface area (Å²) in [6, 6.07) is 0. The molecule has 0 aromatic heterocycles. The van der Waals surface area contributed by atoms with E-state index in [1.807, 2.05) is 6.92 Å². The third kappa shape index (κ3) is 4.55. The number of amides is 2. The zero-order chi connectivity index (χ0) is 16.6. The van der Waals surface area contributed by atoms with Gasteiger partial charge in [-0.1, -0.05) is 27.7 Å². The molecule has 0 spiro atoms. The summed E-state index contributed by atoms with van der Waals surface area (Å²) >= 11 is 0. The molecule has 2 amide bonds. The highest BCUT2D eigenvalue weighted by Gasteiger charge is 2.44. The summed E-state index contributed by atoms with van der Waals surface area (Å²) in [4.78, 5) is 38.2. The Bertz CT molecular complexity index is 442. The number of ether oxygens (including phenoxy) is 1. The van der Waals surface area contributed by atoms with Crippen molar-refractivity contribution >= 4 is 17.8 Å². The number of hydrogen-bond donors (Lipinski definition) is 0. The van der Waals surface area contributed by atoms with Gasteiger partial charge in [-0.2, -0.15) is 0 Å². The number of likely N-dealkylation sites (tertiary alicyclic amines) is 1. The van der Waals surface area contributed by atoms with Crippen molar-refractivity contribution in [3.8, 4) is 0 Å². The molecule has 0 N–H and O–H groups in total. The van der Waals surface area contributed by atoms with Crippen LogP contribution in [0.4, 0.5) is 4.79 Å². The van der Waals surface area contributed by atoms with Gasteiger partial charge < -0.3 is 4.74 Å². The number of nitrogens with zero attached hydrogens (tertiary/aromatic N) is 1. The maximum absolute atomic E-state index is 12.5. The van der Waals surface area contributed by atoms with Crippen LogP contribution in [0.15, 0.2) is 0 Å². The highest BCUT2D eigenvalue weighted by molar-refractivity contribution is 6.08. The molecule has 2 atom stereocenters. The molecule has 1 fully saturated rings. The van der Waals surface area contributed by atoms with Crippen LogP contribution < -0.4 is 0 Å². The number of hydrogen-bond acceptors (Lipinski definition) is 4. The molecule has 5 nitrogen and oxygen atoms in total. The Morgan fingerprint density at radius 3 is 2.10 bits per heavy atom. The molecule has 1 aliphatic heterocycles. The first kappa shape index (κ1) is 17.7. The largest absolute Gasteiger partial charge is 0.443 e. The lowest BCUT2D eigenvalue weighted by molar-refractivity contribution is -0.148. The maximum Gasteiger partial charge on any atom is 0.417 e. The second-order valence-electron chi connectivity index (χ2n) is 7.94. The Labute approximate surface area is 127 Å². The maximum atomic E-state index is 12.5. The number of carbonyl (C=O) groups excluding carboxylic acids is 3. The molecule has 120 valence electrons. The first-order valence-corrected chi connectivity index (χ1v) is 7.41. The topological polar surface area (TPSA) is 63.7 Å². The molecule has 2 unspecified atom stereocenters. The number of ketones is 1. The predicted octanol–water partition coefficient (Wildman–Crippen LogP) is 3.02. The quantitative estimate of drug-likeness (QED) is 0.698. The molecular weight excluding hydrogens is 270 g/mol. The van der Waals surface area contributed by atoms with E-state index in [-0.39, 0.29) is 11.7 Å². The van der Waals surface area contributed by atoms with E-state index in [9.17, 15) is 14.4 Å². The third-order valence-electron chi connectivity index (χ3n) is 3.37. The Morgan fingerprint density at radius 2 is 1.67 bits per heavy atom. The molecule has 0 bridgehead atoms. The minimum absolute atomic E-state index is 0.0894. The highest BCUT2D eigenvalue weighted by atomic mass is 16.6. The lowest BCUT2D eigenvalue weighted by Gasteiger charge is -2.36. The van der Waals surface area contributed by atoms with Crippen molar-refractivity contribution in [3.05, 3.63) is 0 Å². The molecule has 0 saturated carbocycles. The zero-order valence-corrected chi connectivity index (χ0v) is 14.1. The molecule has 1 heterocycles. The van der Waals surface area contributed by atoms with Crippen LogP contribution >= 0.6 is 0 Å². The van der Waals surface area contributed by atoms with Crippen molar-refractivity contribution < 1.29 is 19.1 Å². The summed E-state index contributed by atoms with van der Waals surface area (Å²) in [6.07, 6.45) is -0.167. The molecule has 1 aliphatic rings. The Hall–Kier alpha value is -1.39. The lowest BCUT2D eigenvalue weighted by Crippen LogP contribution is -2.52. The number of piperidine rings is 1. The van der Waals surface area contributed by atoms with Crippen LogP contribution in [0.1, 0.15) is 54.9 Å². The van der Waals surface area contributed by atoms with Gasteiger partial charge in [0.25, 0.3) is 0 Å². The average molecular weight is 297 g/mol. The van der Waals surface area contributed by atoms with Crippen molar-refractivity contribution in [3.63, 3.8) is 0 Å². The van der Waals surface area contributed by atoms with E-state index in [0.717, 1.165) is 4.90 Å². The normalized spacial score (nSPS) is 24.0. The molecule has 21 heavy (non-hydrogen) atoms. The van der Waals surface area contributed by atoms with Gasteiger partial charge in [-0.15, -0.1) is 0 Å². The van der Waals surface area contributed by atoms with E-state index in [1.54, 1.807) is 41.5 Å². The van der Waals surface area contributed by atoms with Gasteiger partial charge in [-0.05, 0) is 33.1 Å². The fraction of sp³-hybridized carbons (Fsp3) is 0.812. The van der Waals surface area contributed by atoms with E-state index in [0.29, 0.717) is 13.0 Å². The van der Waals surface area contributed by atoms with Gasteiger partial charge >= 0.3 is 6.09 Å². The fourth-order valence-electron chi connectivity index (χ4n) is 2.39. The molecule has 0 radical (unpaired) electrons. The lowest BCUT2D eigenvalue weighted by atomic mass is 9.77. The minimum Gasteiger partial charge on any atom is -0.443 e. The van der Waals surface area contributed by atoms with Crippen molar-refractivity contribution in [1.82, 2.24) is 4.90 Å². The monoisotopic (exact) mass is 297 g/mol. The number of rotatable bonds is 1. The van der Waals surface area contributed by atoms with Crippen molar-refractivity contribution in [2.75, 3.05) is 6.54 Å². The standard InChI is InChI=1S/C16H27NO4/c1-10-8-11(12(18)15(2,3)4)13(19)17(9-10)14(20)21-16(5,6)7/h10-11H,8-9H2,1-7H3. The molecule has 0 aromatic carbocycles. The summed E-state index contributed by atoms with van der Waals surface area (Å²) in [7, 11) is 0. The van der Waals surface area contributed by atoms with Gasteiger partial charge in [0.2, 0.25) is 5.91 Å². The molecule has 5 heteroatoms. The SMILES string of the molecule is CC1CC(C(=O)C(C)(C)C)C(=O)N(C(=O)OC(C)(C)C)C1. The van der Waals surface area contributed by atoms with E-state index in [4.69, 9.17) is 4.74 Å². The van der Waals surface area contributed by atoms with Gasteiger partial charge in [-0.3, -0.25) is 9.59 Å².